The third kappa shape index (κ3) is 3.82. The Kier molecular flexibility index (Phi) is 5.85. The molecule has 0 aliphatic carbocycles. The lowest BCUT2D eigenvalue weighted by Crippen LogP contribution is -2.21. The van der Waals surface area contributed by atoms with Gasteiger partial charge in [0.25, 0.3) is 5.56 Å². The number of fused-ring (bicyclic) bond motifs is 1. The molecule has 2 heterocycles. The van der Waals surface area contributed by atoms with E-state index in [4.69, 9.17) is 9.47 Å². The van der Waals surface area contributed by atoms with Gasteiger partial charge >= 0.3 is 0 Å². The Morgan fingerprint density at radius 3 is 2.43 bits per heavy atom. The molecule has 0 fully saturated rings. The zero-order valence-electron chi connectivity index (χ0n) is 16.7. The summed E-state index contributed by atoms with van der Waals surface area (Å²) in [6.07, 6.45) is 3.11. The van der Waals surface area contributed by atoms with Gasteiger partial charge < -0.3 is 9.47 Å². The summed E-state index contributed by atoms with van der Waals surface area (Å²) in [5, 5.41) is 4.82. The number of hydrogen-bond donors (Lipinski definition) is 0. The van der Waals surface area contributed by atoms with Crippen LogP contribution in [0.2, 0.25) is 0 Å². The molecule has 0 aliphatic heterocycles. The Labute approximate surface area is 182 Å². The van der Waals surface area contributed by atoms with E-state index in [1.54, 1.807) is 21.8 Å². The van der Waals surface area contributed by atoms with Crippen LogP contribution in [0.25, 0.3) is 16.7 Å². The normalized spacial score (nSPS) is 11.0. The van der Waals surface area contributed by atoms with Crippen molar-refractivity contribution >= 4 is 27.0 Å². The molecule has 0 spiro atoms. The Morgan fingerprint density at radius 1 is 1.03 bits per heavy atom. The highest BCUT2D eigenvalue weighted by atomic mass is 79.9. The van der Waals surface area contributed by atoms with E-state index in [1.165, 1.54) is 0 Å². The summed E-state index contributed by atoms with van der Waals surface area (Å²) in [7, 11) is 0. The molecule has 7 nitrogen and oxygen atoms in total. The highest BCUT2D eigenvalue weighted by Gasteiger charge is 2.15. The first-order chi connectivity index (χ1) is 14.6. The quantitative estimate of drug-likeness (QED) is 0.406. The molecule has 0 atom stereocenters. The molecule has 4 rings (SSSR count). The maximum atomic E-state index is 13.1. The third-order valence-electron chi connectivity index (χ3n) is 4.61. The first kappa shape index (κ1) is 20.2. The number of benzene rings is 2. The minimum atomic E-state index is -0.152. The van der Waals surface area contributed by atoms with Gasteiger partial charge in [-0.3, -0.25) is 9.36 Å². The fourth-order valence-corrected chi connectivity index (χ4v) is 3.69. The third-order valence-corrected chi connectivity index (χ3v) is 5.35. The first-order valence-corrected chi connectivity index (χ1v) is 10.5. The molecule has 0 bridgehead atoms. The zero-order valence-corrected chi connectivity index (χ0v) is 18.3. The molecule has 0 N–H and O–H groups in total. The average molecular weight is 469 g/mol. The second kappa shape index (κ2) is 8.71. The lowest BCUT2D eigenvalue weighted by Gasteiger charge is -2.15. The number of para-hydroxylation sites is 1. The number of rotatable bonds is 7. The van der Waals surface area contributed by atoms with Crippen LogP contribution in [0.1, 0.15) is 19.4 Å². The molecular formula is C22H21BrN4O3. The topological polar surface area (TPSA) is 71.2 Å². The van der Waals surface area contributed by atoms with Crippen molar-refractivity contribution in [1.82, 2.24) is 19.3 Å². The fourth-order valence-electron chi connectivity index (χ4n) is 3.24. The van der Waals surface area contributed by atoms with Gasteiger partial charge in [-0.05, 0) is 43.7 Å². The van der Waals surface area contributed by atoms with Gasteiger partial charge in [0.1, 0.15) is 11.7 Å². The zero-order chi connectivity index (χ0) is 21.1. The van der Waals surface area contributed by atoms with Crippen molar-refractivity contribution in [2.45, 2.75) is 20.4 Å². The second-order valence-corrected chi connectivity index (χ2v) is 7.42. The number of aromatic nitrogens is 4. The summed E-state index contributed by atoms with van der Waals surface area (Å²) in [5.41, 5.74) is 2.12. The SMILES string of the molecule is CCOc1cc(Br)c(Cn2cnc3c(cnn3-c3ccccc3)c2=O)cc1OCC. The predicted molar refractivity (Wildman–Crippen MR) is 119 cm³/mol. The number of ether oxygens (including phenoxy) is 2. The van der Waals surface area contributed by atoms with Crippen LogP contribution in [0.15, 0.2) is 64.3 Å². The van der Waals surface area contributed by atoms with Crippen LogP contribution in [0.3, 0.4) is 0 Å². The number of halogens is 1. The van der Waals surface area contributed by atoms with Gasteiger partial charge in [0.05, 0.1) is 31.6 Å². The van der Waals surface area contributed by atoms with Crippen LogP contribution < -0.4 is 15.0 Å². The van der Waals surface area contributed by atoms with Gasteiger partial charge in [-0.1, -0.05) is 34.1 Å². The molecule has 0 saturated carbocycles. The van der Waals surface area contributed by atoms with E-state index in [9.17, 15) is 4.79 Å². The van der Waals surface area contributed by atoms with E-state index in [1.807, 2.05) is 56.3 Å². The highest BCUT2D eigenvalue weighted by Crippen LogP contribution is 2.34. The van der Waals surface area contributed by atoms with Crippen molar-refractivity contribution < 1.29 is 9.47 Å². The largest absolute Gasteiger partial charge is 0.490 e. The molecule has 0 amide bonds. The Bertz CT molecular complexity index is 1230. The number of nitrogens with zero attached hydrogens (tertiary/aromatic N) is 4. The molecule has 0 radical (unpaired) electrons. The van der Waals surface area contributed by atoms with Gasteiger partial charge in [-0.25, -0.2) is 9.67 Å². The Morgan fingerprint density at radius 2 is 1.73 bits per heavy atom. The van der Waals surface area contributed by atoms with Gasteiger partial charge in [-0.15, -0.1) is 0 Å². The summed E-state index contributed by atoms with van der Waals surface area (Å²) in [6.45, 7) is 5.24. The summed E-state index contributed by atoms with van der Waals surface area (Å²) >= 11 is 3.58. The molecule has 154 valence electrons. The van der Waals surface area contributed by atoms with Crippen LogP contribution in [0, 0.1) is 0 Å². The van der Waals surface area contributed by atoms with E-state index in [0.29, 0.717) is 42.3 Å². The van der Waals surface area contributed by atoms with E-state index in [0.717, 1.165) is 15.7 Å². The van der Waals surface area contributed by atoms with Crippen molar-refractivity contribution in [3.8, 4) is 17.2 Å². The van der Waals surface area contributed by atoms with Gasteiger partial charge in [0.2, 0.25) is 0 Å². The van der Waals surface area contributed by atoms with Gasteiger partial charge in [0, 0.05) is 4.47 Å². The van der Waals surface area contributed by atoms with Crippen molar-refractivity contribution in [3.05, 3.63) is 75.4 Å². The molecule has 8 heteroatoms. The van der Waals surface area contributed by atoms with Gasteiger partial charge in [0.15, 0.2) is 17.1 Å². The van der Waals surface area contributed by atoms with Crippen LogP contribution in [-0.2, 0) is 6.54 Å². The summed E-state index contributed by atoms with van der Waals surface area (Å²) < 4.78 is 15.4. The molecule has 4 aromatic rings. The van der Waals surface area contributed by atoms with E-state index in [-0.39, 0.29) is 5.56 Å². The molecule has 2 aromatic carbocycles. The van der Waals surface area contributed by atoms with Crippen molar-refractivity contribution in [2.24, 2.45) is 0 Å². The summed E-state index contributed by atoms with van der Waals surface area (Å²) in [4.78, 5) is 17.6. The van der Waals surface area contributed by atoms with Gasteiger partial charge in [-0.2, -0.15) is 5.10 Å². The minimum Gasteiger partial charge on any atom is -0.490 e. The smallest absolute Gasteiger partial charge is 0.264 e. The predicted octanol–water partition coefficient (Wildman–Crippen LogP) is 4.19. The summed E-state index contributed by atoms with van der Waals surface area (Å²) in [5.74, 6) is 1.32. The summed E-state index contributed by atoms with van der Waals surface area (Å²) in [6, 6.07) is 13.4. The minimum absolute atomic E-state index is 0.152. The van der Waals surface area contributed by atoms with Crippen LogP contribution in [0.5, 0.6) is 11.5 Å². The molecule has 30 heavy (non-hydrogen) atoms. The Balaban J connectivity index is 1.72. The molecular weight excluding hydrogens is 448 g/mol. The van der Waals surface area contributed by atoms with Crippen LogP contribution >= 0.6 is 15.9 Å². The monoisotopic (exact) mass is 468 g/mol. The Hall–Kier alpha value is -3.13. The lowest BCUT2D eigenvalue weighted by molar-refractivity contribution is 0.287. The number of hydrogen-bond acceptors (Lipinski definition) is 5. The van der Waals surface area contributed by atoms with Crippen molar-refractivity contribution in [3.63, 3.8) is 0 Å². The molecule has 0 saturated heterocycles. The molecule has 2 aromatic heterocycles. The van der Waals surface area contributed by atoms with E-state index < -0.39 is 0 Å². The van der Waals surface area contributed by atoms with Crippen molar-refractivity contribution in [1.29, 1.82) is 0 Å². The van der Waals surface area contributed by atoms with Crippen LogP contribution in [-0.4, -0.2) is 32.5 Å². The molecule has 0 unspecified atom stereocenters. The lowest BCUT2D eigenvalue weighted by atomic mass is 10.2. The standard InChI is InChI=1S/C22H21BrN4O3/c1-3-29-19-10-15(18(23)11-20(19)30-4-2)13-26-14-24-21-17(22(26)28)12-25-27(21)16-8-6-5-7-9-16/h5-12,14H,3-4,13H2,1-2H3. The maximum absolute atomic E-state index is 13.1. The van der Waals surface area contributed by atoms with E-state index >= 15 is 0 Å². The molecule has 0 aliphatic rings. The fraction of sp³-hybridized carbons (Fsp3) is 0.227. The maximum Gasteiger partial charge on any atom is 0.264 e. The van der Waals surface area contributed by atoms with E-state index in [2.05, 4.69) is 26.0 Å². The first-order valence-electron chi connectivity index (χ1n) is 9.69. The highest BCUT2D eigenvalue weighted by molar-refractivity contribution is 9.10. The van der Waals surface area contributed by atoms with Crippen molar-refractivity contribution in [2.75, 3.05) is 13.2 Å². The van der Waals surface area contributed by atoms with Crippen LogP contribution in [0.4, 0.5) is 0 Å². The average Bonchev–Trinajstić information content (AvgIpc) is 3.19. The second-order valence-electron chi connectivity index (χ2n) is 6.56.